The molecule has 0 saturated heterocycles. The second-order valence-electron chi connectivity index (χ2n) is 5.69. The van der Waals surface area contributed by atoms with Crippen molar-refractivity contribution in [3.8, 4) is 0 Å². The summed E-state index contributed by atoms with van der Waals surface area (Å²) >= 11 is 0. The van der Waals surface area contributed by atoms with Crippen LogP contribution in [-0.2, 0) is 0 Å². The van der Waals surface area contributed by atoms with Gasteiger partial charge < -0.3 is 10.4 Å². The Labute approximate surface area is 117 Å². The molecule has 19 heavy (non-hydrogen) atoms. The van der Waals surface area contributed by atoms with Gasteiger partial charge in [-0.3, -0.25) is 0 Å². The normalized spacial score (nSPS) is 25.2. The summed E-state index contributed by atoms with van der Waals surface area (Å²) in [5, 5.41) is 12.9. The number of rotatable bonds is 6. The minimum atomic E-state index is 0.286. The predicted octanol–water partition coefficient (Wildman–Crippen LogP) is 3.46. The van der Waals surface area contributed by atoms with Crippen molar-refractivity contribution < 1.29 is 5.11 Å². The van der Waals surface area contributed by atoms with E-state index >= 15 is 0 Å². The highest BCUT2D eigenvalue weighted by atomic mass is 16.3. The van der Waals surface area contributed by atoms with E-state index in [0.717, 1.165) is 12.8 Å². The third-order valence-electron chi connectivity index (χ3n) is 4.41. The van der Waals surface area contributed by atoms with Crippen LogP contribution in [0.15, 0.2) is 30.3 Å². The Balaban J connectivity index is 2.03. The van der Waals surface area contributed by atoms with Gasteiger partial charge in [-0.15, -0.1) is 0 Å². The van der Waals surface area contributed by atoms with Crippen LogP contribution in [0.3, 0.4) is 0 Å². The first-order valence-electron chi connectivity index (χ1n) is 7.77. The molecule has 1 fully saturated rings. The van der Waals surface area contributed by atoms with Gasteiger partial charge in [-0.2, -0.15) is 0 Å². The minimum absolute atomic E-state index is 0.286. The Bertz CT molecular complexity index is 352. The van der Waals surface area contributed by atoms with Gasteiger partial charge in [0.1, 0.15) is 0 Å². The fraction of sp³-hybridized carbons (Fsp3) is 0.647. The van der Waals surface area contributed by atoms with Gasteiger partial charge in [-0.25, -0.2) is 0 Å². The zero-order valence-electron chi connectivity index (χ0n) is 12.0. The standard InChI is InChI=1S/C17H27NO/c1-2-15(12-13-19)18-17-11-7-6-10-16(17)14-8-4-3-5-9-14/h3-5,8-9,15-19H,2,6-7,10-13H2,1H3. The van der Waals surface area contributed by atoms with Crippen LogP contribution in [0, 0.1) is 0 Å². The van der Waals surface area contributed by atoms with Gasteiger partial charge in [0.2, 0.25) is 0 Å². The highest BCUT2D eigenvalue weighted by molar-refractivity contribution is 5.22. The maximum Gasteiger partial charge on any atom is 0.0445 e. The van der Waals surface area contributed by atoms with Crippen LogP contribution in [-0.4, -0.2) is 23.8 Å². The van der Waals surface area contributed by atoms with Crippen molar-refractivity contribution in [1.29, 1.82) is 0 Å². The molecule has 2 heteroatoms. The number of benzene rings is 1. The average molecular weight is 261 g/mol. The molecule has 0 spiro atoms. The smallest absolute Gasteiger partial charge is 0.0445 e. The van der Waals surface area contributed by atoms with E-state index in [4.69, 9.17) is 5.11 Å². The number of aliphatic hydroxyl groups excluding tert-OH is 1. The largest absolute Gasteiger partial charge is 0.396 e. The minimum Gasteiger partial charge on any atom is -0.396 e. The molecule has 0 amide bonds. The first-order chi connectivity index (χ1) is 9.35. The molecule has 2 rings (SSSR count). The maximum absolute atomic E-state index is 9.14. The molecule has 1 aromatic rings. The monoisotopic (exact) mass is 261 g/mol. The molecule has 0 heterocycles. The van der Waals surface area contributed by atoms with Crippen LogP contribution < -0.4 is 5.32 Å². The van der Waals surface area contributed by atoms with Crippen LogP contribution >= 0.6 is 0 Å². The Morgan fingerprint density at radius 3 is 2.63 bits per heavy atom. The van der Waals surface area contributed by atoms with Gasteiger partial charge >= 0.3 is 0 Å². The topological polar surface area (TPSA) is 32.3 Å². The second kappa shape index (κ2) is 7.66. The molecule has 0 aromatic heterocycles. The van der Waals surface area contributed by atoms with Crippen LogP contribution in [0.4, 0.5) is 0 Å². The van der Waals surface area contributed by atoms with Crippen molar-refractivity contribution in [2.24, 2.45) is 0 Å². The van der Waals surface area contributed by atoms with Crippen LogP contribution in [0.5, 0.6) is 0 Å². The van der Waals surface area contributed by atoms with Crippen molar-refractivity contribution in [3.05, 3.63) is 35.9 Å². The highest BCUT2D eigenvalue weighted by Crippen LogP contribution is 2.33. The summed E-state index contributed by atoms with van der Waals surface area (Å²) in [5.74, 6) is 0.641. The van der Waals surface area contributed by atoms with Crippen LogP contribution in [0.25, 0.3) is 0 Å². The molecule has 1 saturated carbocycles. The van der Waals surface area contributed by atoms with Gasteiger partial charge in [-0.1, -0.05) is 50.1 Å². The van der Waals surface area contributed by atoms with Gasteiger partial charge in [0, 0.05) is 18.7 Å². The van der Waals surface area contributed by atoms with Crippen molar-refractivity contribution in [1.82, 2.24) is 5.32 Å². The van der Waals surface area contributed by atoms with Crippen LogP contribution in [0.1, 0.15) is 56.9 Å². The van der Waals surface area contributed by atoms with E-state index < -0.39 is 0 Å². The summed E-state index contributed by atoms with van der Waals surface area (Å²) in [5.41, 5.74) is 1.47. The average Bonchev–Trinajstić information content (AvgIpc) is 2.48. The fourth-order valence-electron chi connectivity index (χ4n) is 3.29. The summed E-state index contributed by atoms with van der Waals surface area (Å²) in [6, 6.07) is 11.9. The second-order valence-corrected chi connectivity index (χ2v) is 5.69. The van der Waals surface area contributed by atoms with E-state index in [1.54, 1.807) is 0 Å². The zero-order chi connectivity index (χ0) is 13.5. The lowest BCUT2D eigenvalue weighted by Gasteiger charge is -2.35. The van der Waals surface area contributed by atoms with Crippen molar-refractivity contribution in [2.45, 2.75) is 63.5 Å². The van der Waals surface area contributed by atoms with E-state index in [0.29, 0.717) is 18.0 Å². The van der Waals surface area contributed by atoms with E-state index in [1.165, 1.54) is 31.2 Å². The molecular formula is C17H27NO. The molecule has 1 aliphatic rings. The number of hydrogen-bond donors (Lipinski definition) is 2. The van der Waals surface area contributed by atoms with Gasteiger partial charge in [0.25, 0.3) is 0 Å². The molecule has 3 unspecified atom stereocenters. The van der Waals surface area contributed by atoms with Gasteiger partial charge in [0.15, 0.2) is 0 Å². The van der Waals surface area contributed by atoms with E-state index in [1.807, 2.05) is 0 Å². The first-order valence-corrected chi connectivity index (χ1v) is 7.77. The third kappa shape index (κ3) is 4.05. The molecule has 1 aliphatic carbocycles. The SMILES string of the molecule is CCC(CCO)NC1CCCCC1c1ccccc1. The quantitative estimate of drug-likeness (QED) is 0.822. The lowest BCUT2D eigenvalue weighted by Crippen LogP contribution is -2.43. The zero-order valence-corrected chi connectivity index (χ0v) is 12.0. The highest BCUT2D eigenvalue weighted by Gasteiger charge is 2.27. The summed E-state index contributed by atoms with van der Waals surface area (Å²) in [6.07, 6.45) is 7.19. The number of nitrogens with one attached hydrogen (secondary N) is 1. The third-order valence-corrected chi connectivity index (χ3v) is 4.41. The Kier molecular flexibility index (Phi) is 5.87. The van der Waals surface area contributed by atoms with Crippen molar-refractivity contribution >= 4 is 0 Å². The molecule has 2 nitrogen and oxygen atoms in total. The molecule has 1 aromatic carbocycles. The van der Waals surface area contributed by atoms with E-state index in [-0.39, 0.29) is 6.61 Å². The molecular weight excluding hydrogens is 234 g/mol. The molecule has 106 valence electrons. The van der Waals surface area contributed by atoms with Gasteiger partial charge in [-0.05, 0) is 37.2 Å². The van der Waals surface area contributed by atoms with Crippen LogP contribution in [0.2, 0.25) is 0 Å². The van der Waals surface area contributed by atoms with Crippen molar-refractivity contribution in [3.63, 3.8) is 0 Å². The summed E-state index contributed by atoms with van der Waals surface area (Å²) < 4.78 is 0. The summed E-state index contributed by atoms with van der Waals surface area (Å²) in [4.78, 5) is 0. The molecule has 0 bridgehead atoms. The number of hydrogen-bond acceptors (Lipinski definition) is 2. The summed E-state index contributed by atoms with van der Waals surface area (Å²) in [6.45, 7) is 2.49. The predicted molar refractivity (Wildman–Crippen MR) is 80.4 cm³/mol. The Morgan fingerprint density at radius 2 is 1.95 bits per heavy atom. The first kappa shape index (κ1) is 14.5. The lowest BCUT2D eigenvalue weighted by molar-refractivity contribution is 0.235. The maximum atomic E-state index is 9.14. The Morgan fingerprint density at radius 1 is 1.21 bits per heavy atom. The van der Waals surface area contributed by atoms with E-state index in [9.17, 15) is 0 Å². The Hall–Kier alpha value is -0.860. The molecule has 0 radical (unpaired) electrons. The molecule has 0 aliphatic heterocycles. The molecule has 2 N–H and O–H groups in total. The fourth-order valence-corrected chi connectivity index (χ4v) is 3.29. The summed E-state index contributed by atoms with van der Waals surface area (Å²) in [7, 11) is 0. The van der Waals surface area contributed by atoms with Crippen molar-refractivity contribution in [2.75, 3.05) is 6.61 Å². The number of aliphatic hydroxyl groups is 1. The van der Waals surface area contributed by atoms with E-state index in [2.05, 4.69) is 42.6 Å². The van der Waals surface area contributed by atoms with Gasteiger partial charge in [0.05, 0.1) is 0 Å². The molecule has 3 atom stereocenters. The lowest BCUT2D eigenvalue weighted by atomic mass is 9.79.